The summed E-state index contributed by atoms with van der Waals surface area (Å²) in [5.74, 6) is -0.307. The van der Waals surface area contributed by atoms with Gasteiger partial charge in [0.25, 0.3) is 5.91 Å². The van der Waals surface area contributed by atoms with Crippen molar-refractivity contribution in [2.45, 2.75) is 33.1 Å². The lowest BCUT2D eigenvalue weighted by molar-refractivity contribution is 0.0948. The highest BCUT2D eigenvalue weighted by molar-refractivity contribution is 6.02. The lowest BCUT2D eigenvalue weighted by atomic mass is 10.1. The second-order valence-electron chi connectivity index (χ2n) is 6.08. The molecule has 1 amide bonds. The van der Waals surface area contributed by atoms with Crippen molar-refractivity contribution in [2.24, 2.45) is 5.10 Å². The van der Waals surface area contributed by atoms with Gasteiger partial charge in [-0.05, 0) is 28.2 Å². The van der Waals surface area contributed by atoms with Crippen molar-refractivity contribution in [1.82, 2.24) is 30.7 Å². The summed E-state index contributed by atoms with van der Waals surface area (Å²) in [6, 6.07) is 9.63. The van der Waals surface area contributed by atoms with Crippen LogP contribution in [0.3, 0.4) is 0 Å². The minimum atomic E-state index is -0.471. The van der Waals surface area contributed by atoms with E-state index in [0.29, 0.717) is 12.1 Å². The van der Waals surface area contributed by atoms with Crippen molar-refractivity contribution in [1.29, 1.82) is 0 Å². The molecular weight excluding hydrogens is 348 g/mol. The zero-order chi connectivity index (χ0) is 19.4. The lowest BCUT2D eigenvalue weighted by Gasteiger charge is -2.09. The first kappa shape index (κ1) is 18.2. The fourth-order valence-corrected chi connectivity index (χ4v) is 2.61. The summed E-state index contributed by atoms with van der Waals surface area (Å²) in [5.41, 5.74) is 10.7. The number of nitrogens with one attached hydrogen (secondary N) is 1. The maximum atomic E-state index is 12.7. The van der Waals surface area contributed by atoms with Crippen molar-refractivity contribution in [3.8, 4) is 5.82 Å². The number of amides is 1. The summed E-state index contributed by atoms with van der Waals surface area (Å²) in [6.45, 7) is 5.77. The van der Waals surface area contributed by atoms with E-state index in [1.807, 2.05) is 51.1 Å². The van der Waals surface area contributed by atoms with Gasteiger partial charge in [0.05, 0.1) is 11.4 Å². The molecule has 0 fully saturated rings. The molecule has 27 heavy (non-hydrogen) atoms. The van der Waals surface area contributed by atoms with Crippen molar-refractivity contribution in [2.75, 3.05) is 5.73 Å². The van der Waals surface area contributed by atoms with Gasteiger partial charge in [-0.15, -0.1) is 5.10 Å². The van der Waals surface area contributed by atoms with Crippen LogP contribution in [-0.4, -0.2) is 36.9 Å². The highest BCUT2D eigenvalue weighted by Gasteiger charge is 2.25. The zero-order valence-corrected chi connectivity index (χ0v) is 15.2. The largest absolute Gasteiger partial charge is 0.378 e. The van der Waals surface area contributed by atoms with Crippen LogP contribution in [0, 0.1) is 0 Å². The summed E-state index contributed by atoms with van der Waals surface area (Å²) in [5, 5.41) is 19.5. The number of nitrogens with two attached hydrogens (primary N) is 1. The monoisotopic (exact) mass is 368 g/mol. The summed E-state index contributed by atoms with van der Waals surface area (Å²) in [7, 11) is 0. The normalized spacial score (nSPS) is 11.8. The van der Waals surface area contributed by atoms with Gasteiger partial charge in [-0.1, -0.05) is 56.3 Å². The number of hydrogen-bond donors (Lipinski definition) is 2. The Kier molecular flexibility index (Phi) is 5.25. The van der Waals surface area contributed by atoms with Crippen LogP contribution in [0.5, 0.6) is 0 Å². The summed E-state index contributed by atoms with van der Waals surface area (Å²) in [4.78, 5) is 12.7. The van der Waals surface area contributed by atoms with E-state index in [9.17, 15) is 4.79 Å². The minimum absolute atomic E-state index is 0.0594. The molecule has 10 heteroatoms. The molecule has 0 unspecified atom stereocenters. The first-order valence-electron chi connectivity index (χ1n) is 8.49. The third-order valence-corrected chi connectivity index (χ3v) is 3.90. The van der Waals surface area contributed by atoms with E-state index in [-0.39, 0.29) is 23.2 Å². The Balaban J connectivity index is 1.90. The molecule has 0 aliphatic rings. The molecule has 140 valence electrons. The number of nitrogens with zero attached hydrogens (tertiary/aromatic N) is 6. The predicted octanol–water partition coefficient (Wildman–Crippen LogP) is 1.90. The number of carbonyl (C=O) groups is 1. The van der Waals surface area contributed by atoms with Crippen molar-refractivity contribution in [3.05, 3.63) is 47.3 Å². The van der Waals surface area contributed by atoms with Gasteiger partial charge >= 0.3 is 0 Å². The average Bonchev–Trinajstić information content (AvgIpc) is 3.28. The van der Waals surface area contributed by atoms with Crippen LogP contribution in [0.2, 0.25) is 0 Å². The van der Waals surface area contributed by atoms with Crippen LogP contribution in [0.15, 0.2) is 40.1 Å². The lowest BCUT2D eigenvalue weighted by Crippen LogP contribution is -2.22. The molecule has 1 aromatic carbocycles. The number of carbonyl (C=O) groups excluding carboxylic acids is 1. The summed E-state index contributed by atoms with van der Waals surface area (Å²) >= 11 is 0. The molecule has 0 aliphatic heterocycles. The number of hydrazone groups is 1. The number of hydrogen-bond acceptors (Lipinski definition) is 8. The van der Waals surface area contributed by atoms with Gasteiger partial charge in [-0.2, -0.15) is 9.78 Å². The van der Waals surface area contributed by atoms with E-state index in [1.165, 1.54) is 4.68 Å². The topological polar surface area (TPSA) is 137 Å². The third kappa shape index (κ3) is 3.68. The average molecular weight is 368 g/mol. The Morgan fingerprint density at radius 2 is 2.04 bits per heavy atom. The molecule has 0 bridgehead atoms. The number of rotatable bonds is 6. The van der Waals surface area contributed by atoms with Gasteiger partial charge in [-0.25, -0.2) is 10.1 Å². The van der Waals surface area contributed by atoms with Gasteiger partial charge in [-0.3, -0.25) is 4.79 Å². The molecule has 3 rings (SSSR count). The molecule has 0 saturated carbocycles. The Labute approximate surface area is 155 Å². The van der Waals surface area contributed by atoms with E-state index in [0.717, 1.165) is 11.3 Å². The number of anilines is 1. The van der Waals surface area contributed by atoms with Crippen LogP contribution < -0.4 is 11.2 Å². The standard InChI is InChI=1S/C17H20N8O2/c1-4-12(11-8-6-5-7-9-11)19-21-17(26)13-14(10(2)3)25(24-20-13)16-15(18)22-27-23-16/h5-10H,4H2,1-3H3,(H2,18,22)(H,21,26). The highest BCUT2D eigenvalue weighted by atomic mass is 16.6. The SMILES string of the molecule is CCC(=NNC(=O)c1nnn(-c2nonc2N)c1C(C)C)c1ccccc1. The molecule has 0 saturated heterocycles. The minimum Gasteiger partial charge on any atom is -0.378 e. The molecule has 0 aliphatic carbocycles. The van der Waals surface area contributed by atoms with E-state index in [1.54, 1.807) is 0 Å². The van der Waals surface area contributed by atoms with Crippen LogP contribution in [0.1, 0.15) is 54.9 Å². The number of nitrogen functional groups attached to an aromatic ring is 1. The van der Waals surface area contributed by atoms with Crippen LogP contribution in [0.25, 0.3) is 5.82 Å². The molecule has 2 heterocycles. The van der Waals surface area contributed by atoms with Crippen molar-refractivity contribution < 1.29 is 9.42 Å². The third-order valence-electron chi connectivity index (χ3n) is 3.90. The molecular formula is C17H20N8O2. The first-order chi connectivity index (χ1) is 13.0. The Hall–Kier alpha value is -3.56. The molecule has 10 nitrogen and oxygen atoms in total. The molecule has 0 atom stereocenters. The van der Waals surface area contributed by atoms with Crippen LogP contribution >= 0.6 is 0 Å². The fourth-order valence-electron chi connectivity index (χ4n) is 2.61. The predicted molar refractivity (Wildman–Crippen MR) is 98.5 cm³/mol. The van der Waals surface area contributed by atoms with Crippen molar-refractivity contribution in [3.63, 3.8) is 0 Å². The first-order valence-corrected chi connectivity index (χ1v) is 8.49. The van der Waals surface area contributed by atoms with Crippen molar-refractivity contribution >= 4 is 17.4 Å². The van der Waals surface area contributed by atoms with Gasteiger partial charge in [0, 0.05) is 0 Å². The summed E-state index contributed by atoms with van der Waals surface area (Å²) in [6.07, 6.45) is 0.662. The van der Waals surface area contributed by atoms with Crippen LogP contribution in [0.4, 0.5) is 5.82 Å². The molecule has 0 spiro atoms. The summed E-state index contributed by atoms with van der Waals surface area (Å²) < 4.78 is 5.96. The van der Waals surface area contributed by atoms with E-state index in [2.05, 4.69) is 35.8 Å². The van der Waals surface area contributed by atoms with E-state index >= 15 is 0 Å². The molecule has 3 N–H and O–H groups in total. The van der Waals surface area contributed by atoms with Gasteiger partial charge in [0.2, 0.25) is 11.6 Å². The maximum absolute atomic E-state index is 12.7. The fraction of sp³-hybridized carbons (Fsp3) is 0.294. The number of benzene rings is 1. The maximum Gasteiger partial charge on any atom is 0.293 e. The zero-order valence-electron chi connectivity index (χ0n) is 15.2. The smallest absolute Gasteiger partial charge is 0.293 e. The van der Waals surface area contributed by atoms with Gasteiger partial charge in [0.1, 0.15) is 0 Å². The molecule has 0 radical (unpaired) electrons. The second-order valence-corrected chi connectivity index (χ2v) is 6.08. The Morgan fingerprint density at radius 3 is 2.63 bits per heavy atom. The van der Waals surface area contributed by atoms with E-state index in [4.69, 9.17) is 5.73 Å². The van der Waals surface area contributed by atoms with Crippen LogP contribution in [-0.2, 0) is 0 Å². The molecule has 2 aromatic heterocycles. The quantitative estimate of drug-likeness (QED) is 0.500. The van der Waals surface area contributed by atoms with Gasteiger partial charge in [0.15, 0.2) is 5.69 Å². The Bertz CT molecular complexity index is 958. The van der Waals surface area contributed by atoms with Gasteiger partial charge < -0.3 is 5.73 Å². The van der Waals surface area contributed by atoms with E-state index < -0.39 is 5.91 Å². The second kappa shape index (κ2) is 7.77. The number of aromatic nitrogens is 5. The molecule has 3 aromatic rings. The Morgan fingerprint density at radius 1 is 1.30 bits per heavy atom. The highest BCUT2D eigenvalue weighted by Crippen LogP contribution is 2.22.